The Balaban J connectivity index is 2.09. The van der Waals surface area contributed by atoms with Gasteiger partial charge in [-0.15, -0.1) is 11.8 Å². The van der Waals surface area contributed by atoms with Crippen LogP contribution in [0.2, 0.25) is 5.02 Å². The summed E-state index contributed by atoms with van der Waals surface area (Å²) in [6.45, 7) is 4.56. The molecule has 2 aromatic carbocycles. The predicted molar refractivity (Wildman–Crippen MR) is 125 cm³/mol. The van der Waals surface area contributed by atoms with Crippen molar-refractivity contribution in [1.82, 2.24) is 10.2 Å². The fraction of sp³-hybridized carbons (Fsp3) is 0.364. The molecule has 30 heavy (non-hydrogen) atoms. The number of hydrogen-bond acceptors (Lipinski definition) is 3. The number of halogens is 3. The first-order valence-corrected chi connectivity index (χ1v) is 12.0. The molecule has 4 nitrogen and oxygen atoms in total. The van der Waals surface area contributed by atoms with Crippen molar-refractivity contribution in [2.75, 3.05) is 12.3 Å². The molecule has 0 aliphatic heterocycles. The number of carbonyl (C=O) groups is 2. The average molecular weight is 516 g/mol. The number of nitrogens with zero attached hydrogens (tertiary/aromatic N) is 1. The highest BCUT2D eigenvalue weighted by Crippen LogP contribution is 2.24. The van der Waals surface area contributed by atoms with Crippen LogP contribution in [0, 0.1) is 5.82 Å². The Labute approximate surface area is 194 Å². The Hall–Kier alpha value is -1.57. The maximum Gasteiger partial charge on any atom is 0.242 e. The van der Waals surface area contributed by atoms with E-state index in [-0.39, 0.29) is 29.1 Å². The summed E-state index contributed by atoms with van der Waals surface area (Å²) in [5.41, 5.74) is 1.29. The molecule has 162 valence electrons. The summed E-state index contributed by atoms with van der Waals surface area (Å²) in [4.78, 5) is 27.1. The highest BCUT2D eigenvalue weighted by atomic mass is 79.9. The third-order valence-electron chi connectivity index (χ3n) is 4.49. The Morgan fingerprint density at radius 1 is 1.27 bits per heavy atom. The number of hydrogen-bond donors (Lipinski definition) is 1. The maximum atomic E-state index is 14.0. The SMILES string of the molecule is CCCNC(=O)[C@H](C)N(Cc1cccc(Br)c1)C(=O)CSCc1c(F)cccc1Cl. The summed E-state index contributed by atoms with van der Waals surface area (Å²) in [6, 6.07) is 11.5. The Morgan fingerprint density at radius 3 is 2.67 bits per heavy atom. The van der Waals surface area contributed by atoms with Crippen LogP contribution in [-0.4, -0.2) is 35.1 Å². The number of rotatable bonds is 10. The molecular formula is C22H25BrClFN2O2S. The van der Waals surface area contributed by atoms with Crippen molar-refractivity contribution >= 4 is 51.1 Å². The molecule has 0 spiro atoms. The summed E-state index contributed by atoms with van der Waals surface area (Å²) >= 11 is 10.8. The number of carbonyl (C=O) groups excluding carboxylic acids is 2. The van der Waals surface area contributed by atoms with Crippen molar-refractivity contribution < 1.29 is 14.0 Å². The van der Waals surface area contributed by atoms with E-state index in [0.29, 0.717) is 23.7 Å². The van der Waals surface area contributed by atoms with Gasteiger partial charge in [0, 0.05) is 33.9 Å². The van der Waals surface area contributed by atoms with Gasteiger partial charge in [-0.25, -0.2) is 4.39 Å². The smallest absolute Gasteiger partial charge is 0.242 e. The van der Waals surface area contributed by atoms with Crippen LogP contribution in [0.3, 0.4) is 0 Å². The lowest BCUT2D eigenvalue weighted by Gasteiger charge is -2.29. The Morgan fingerprint density at radius 2 is 2.00 bits per heavy atom. The predicted octanol–water partition coefficient (Wildman–Crippen LogP) is 5.42. The minimum Gasteiger partial charge on any atom is -0.354 e. The van der Waals surface area contributed by atoms with Gasteiger partial charge in [-0.1, -0.05) is 52.7 Å². The summed E-state index contributed by atoms with van der Waals surface area (Å²) < 4.78 is 14.9. The molecule has 1 atom stereocenters. The van der Waals surface area contributed by atoms with Crippen molar-refractivity contribution in [3.8, 4) is 0 Å². The van der Waals surface area contributed by atoms with Gasteiger partial charge in [-0.05, 0) is 43.2 Å². The summed E-state index contributed by atoms with van der Waals surface area (Å²) in [5.74, 6) is -0.377. The highest BCUT2D eigenvalue weighted by Gasteiger charge is 2.26. The first-order chi connectivity index (χ1) is 14.3. The van der Waals surface area contributed by atoms with Crippen LogP contribution in [0.15, 0.2) is 46.9 Å². The van der Waals surface area contributed by atoms with Crippen LogP contribution < -0.4 is 5.32 Å². The van der Waals surface area contributed by atoms with E-state index in [1.54, 1.807) is 24.0 Å². The van der Waals surface area contributed by atoms with Gasteiger partial charge >= 0.3 is 0 Å². The van der Waals surface area contributed by atoms with Gasteiger partial charge in [-0.3, -0.25) is 9.59 Å². The zero-order chi connectivity index (χ0) is 22.1. The lowest BCUT2D eigenvalue weighted by molar-refractivity contribution is -0.138. The second kappa shape index (κ2) is 12.3. The largest absolute Gasteiger partial charge is 0.354 e. The van der Waals surface area contributed by atoms with Gasteiger partial charge in [0.05, 0.1) is 5.75 Å². The van der Waals surface area contributed by atoms with Gasteiger partial charge in [0.1, 0.15) is 11.9 Å². The zero-order valence-electron chi connectivity index (χ0n) is 17.0. The molecule has 2 amide bonds. The van der Waals surface area contributed by atoms with Crippen LogP contribution in [-0.2, 0) is 21.9 Å². The summed E-state index contributed by atoms with van der Waals surface area (Å²) in [5, 5.41) is 3.19. The summed E-state index contributed by atoms with van der Waals surface area (Å²) in [6.07, 6.45) is 0.817. The van der Waals surface area contributed by atoms with Gasteiger partial charge in [0.15, 0.2) is 0 Å². The molecule has 1 N–H and O–H groups in total. The molecule has 2 rings (SSSR count). The molecule has 0 radical (unpaired) electrons. The van der Waals surface area contributed by atoms with E-state index in [0.717, 1.165) is 16.5 Å². The second-order valence-electron chi connectivity index (χ2n) is 6.81. The van der Waals surface area contributed by atoms with Crippen LogP contribution in [0.25, 0.3) is 0 Å². The standard InChI is InChI=1S/C22H25BrClFN2O2S/c1-3-10-26-22(29)15(2)27(12-16-6-4-7-17(23)11-16)21(28)14-30-13-18-19(24)8-5-9-20(18)25/h4-9,11,15H,3,10,12-14H2,1-2H3,(H,26,29)/t15-/m0/s1. The molecule has 0 unspecified atom stereocenters. The topological polar surface area (TPSA) is 49.4 Å². The number of thioether (sulfide) groups is 1. The molecule has 0 saturated heterocycles. The van der Waals surface area contributed by atoms with Gasteiger partial charge in [-0.2, -0.15) is 0 Å². The lowest BCUT2D eigenvalue weighted by Crippen LogP contribution is -2.48. The molecule has 0 aliphatic carbocycles. The minimum absolute atomic E-state index is 0.115. The van der Waals surface area contributed by atoms with E-state index in [4.69, 9.17) is 11.6 Å². The van der Waals surface area contributed by atoms with Crippen molar-refractivity contribution in [2.45, 2.75) is 38.6 Å². The van der Waals surface area contributed by atoms with Crippen molar-refractivity contribution in [2.24, 2.45) is 0 Å². The fourth-order valence-electron chi connectivity index (χ4n) is 2.80. The van der Waals surface area contributed by atoms with Crippen molar-refractivity contribution in [3.63, 3.8) is 0 Å². The summed E-state index contributed by atoms with van der Waals surface area (Å²) in [7, 11) is 0. The van der Waals surface area contributed by atoms with E-state index in [2.05, 4.69) is 21.2 Å². The lowest BCUT2D eigenvalue weighted by atomic mass is 10.1. The van der Waals surface area contributed by atoms with Crippen molar-refractivity contribution in [3.05, 3.63) is 68.9 Å². The van der Waals surface area contributed by atoms with Crippen LogP contribution >= 0.6 is 39.3 Å². The molecule has 0 fully saturated rings. The Kier molecular flexibility index (Phi) is 10.1. The number of nitrogens with one attached hydrogen (secondary N) is 1. The minimum atomic E-state index is -0.624. The third kappa shape index (κ3) is 7.29. The van der Waals surface area contributed by atoms with Gasteiger partial charge in [0.2, 0.25) is 11.8 Å². The normalized spacial score (nSPS) is 11.8. The molecule has 0 aliphatic rings. The van der Waals surface area contributed by atoms with Crippen molar-refractivity contribution in [1.29, 1.82) is 0 Å². The quantitative estimate of drug-likeness (QED) is 0.460. The molecule has 8 heteroatoms. The van der Waals surface area contributed by atoms with Gasteiger partial charge < -0.3 is 10.2 Å². The van der Waals surface area contributed by atoms with E-state index in [1.807, 2.05) is 31.2 Å². The number of benzene rings is 2. The van der Waals surface area contributed by atoms with E-state index in [9.17, 15) is 14.0 Å². The zero-order valence-corrected chi connectivity index (χ0v) is 20.1. The molecule has 0 heterocycles. The van der Waals surface area contributed by atoms with Crippen LogP contribution in [0.5, 0.6) is 0 Å². The molecule has 0 aromatic heterocycles. The number of amides is 2. The van der Waals surface area contributed by atoms with E-state index in [1.165, 1.54) is 17.8 Å². The maximum absolute atomic E-state index is 14.0. The molecular weight excluding hydrogens is 491 g/mol. The fourth-order valence-corrected chi connectivity index (χ4v) is 4.50. The Bertz CT molecular complexity index is 864. The monoisotopic (exact) mass is 514 g/mol. The highest BCUT2D eigenvalue weighted by molar-refractivity contribution is 9.10. The third-order valence-corrected chi connectivity index (χ3v) is 6.28. The molecule has 0 bridgehead atoms. The van der Waals surface area contributed by atoms with Gasteiger partial charge in [0.25, 0.3) is 0 Å². The molecule has 0 saturated carbocycles. The van der Waals surface area contributed by atoms with E-state index >= 15 is 0 Å². The second-order valence-corrected chi connectivity index (χ2v) is 9.12. The van der Waals surface area contributed by atoms with E-state index < -0.39 is 6.04 Å². The van der Waals surface area contributed by atoms with Crippen LogP contribution in [0.1, 0.15) is 31.4 Å². The first-order valence-electron chi connectivity index (χ1n) is 9.65. The molecule has 2 aromatic rings. The van der Waals surface area contributed by atoms with Crippen LogP contribution in [0.4, 0.5) is 4.39 Å². The average Bonchev–Trinajstić information content (AvgIpc) is 2.71. The first kappa shape index (κ1) is 24.7.